The maximum atomic E-state index is 12.8. The van der Waals surface area contributed by atoms with E-state index in [-0.39, 0.29) is 12.4 Å². The molecule has 1 saturated heterocycles. The molecule has 2 rings (SSSR count). The Bertz CT molecular complexity index is 582. The Labute approximate surface area is 153 Å². The highest BCUT2D eigenvalue weighted by molar-refractivity contribution is 7.89. The molecule has 1 aliphatic rings. The zero-order valence-corrected chi connectivity index (χ0v) is 16.6. The molecule has 0 radical (unpaired) electrons. The van der Waals surface area contributed by atoms with E-state index in [0.29, 0.717) is 29.8 Å². The third kappa shape index (κ3) is 5.19. The van der Waals surface area contributed by atoms with Gasteiger partial charge in [-0.15, -0.1) is 12.4 Å². The van der Waals surface area contributed by atoms with E-state index in [1.165, 1.54) is 5.56 Å². The van der Waals surface area contributed by atoms with Crippen LogP contribution in [0.3, 0.4) is 0 Å². The molecule has 1 heterocycles. The molecule has 0 saturated carbocycles. The fraction of sp³-hybridized carbons (Fsp3) is 0.667. The number of hydrogen-bond acceptors (Lipinski definition) is 3. The minimum Gasteiger partial charge on any atom is -0.317 e. The van der Waals surface area contributed by atoms with Crippen molar-refractivity contribution >= 4 is 22.4 Å². The summed E-state index contributed by atoms with van der Waals surface area (Å²) in [5.41, 5.74) is 1.20. The topological polar surface area (TPSA) is 49.4 Å². The van der Waals surface area contributed by atoms with Crippen LogP contribution in [0.15, 0.2) is 29.2 Å². The lowest BCUT2D eigenvalue weighted by Gasteiger charge is -2.31. The van der Waals surface area contributed by atoms with Crippen molar-refractivity contribution in [3.63, 3.8) is 0 Å². The number of nitrogens with one attached hydrogen (secondary N) is 1. The van der Waals surface area contributed by atoms with Gasteiger partial charge in [-0.25, -0.2) is 8.42 Å². The zero-order valence-electron chi connectivity index (χ0n) is 15.0. The van der Waals surface area contributed by atoms with Gasteiger partial charge in [0.2, 0.25) is 10.0 Å². The fourth-order valence-electron chi connectivity index (χ4n) is 3.06. The standard InChI is InChI=1S/C18H30N2O2S.ClH/c1-4-15(3)17-6-8-18(9-7-17)23(21,22)20-12-10-16(11-13-20)14-19-5-2;/h6-9,15-16,19H,4-5,10-14H2,1-3H3;1H. The highest BCUT2D eigenvalue weighted by Gasteiger charge is 2.29. The number of benzene rings is 1. The molecule has 0 bridgehead atoms. The molecule has 138 valence electrons. The van der Waals surface area contributed by atoms with Crippen LogP contribution in [0.1, 0.15) is 51.5 Å². The van der Waals surface area contributed by atoms with Gasteiger partial charge in [-0.2, -0.15) is 4.31 Å². The van der Waals surface area contributed by atoms with Gasteiger partial charge in [0.25, 0.3) is 0 Å². The molecule has 1 atom stereocenters. The molecule has 1 aromatic rings. The van der Waals surface area contributed by atoms with E-state index in [4.69, 9.17) is 0 Å². The molecule has 1 fully saturated rings. The summed E-state index contributed by atoms with van der Waals surface area (Å²) in [7, 11) is -3.34. The Kier molecular flexibility index (Phi) is 8.71. The molecule has 4 nitrogen and oxygen atoms in total. The van der Waals surface area contributed by atoms with Crippen molar-refractivity contribution < 1.29 is 8.42 Å². The highest BCUT2D eigenvalue weighted by Crippen LogP contribution is 2.25. The maximum Gasteiger partial charge on any atom is 0.243 e. The van der Waals surface area contributed by atoms with Crippen LogP contribution in [0, 0.1) is 5.92 Å². The second-order valence-corrected chi connectivity index (χ2v) is 8.47. The van der Waals surface area contributed by atoms with Crippen molar-refractivity contribution in [1.82, 2.24) is 9.62 Å². The van der Waals surface area contributed by atoms with Crippen molar-refractivity contribution in [2.75, 3.05) is 26.2 Å². The first-order chi connectivity index (χ1) is 11.0. The van der Waals surface area contributed by atoms with Crippen molar-refractivity contribution in [2.45, 2.75) is 50.8 Å². The summed E-state index contributed by atoms with van der Waals surface area (Å²) >= 11 is 0. The van der Waals surface area contributed by atoms with Gasteiger partial charge in [-0.3, -0.25) is 0 Å². The van der Waals surface area contributed by atoms with Gasteiger partial charge >= 0.3 is 0 Å². The molecule has 1 unspecified atom stereocenters. The Balaban J connectivity index is 0.00000288. The minimum absolute atomic E-state index is 0. The molecule has 24 heavy (non-hydrogen) atoms. The Morgan fingerprint density at radius 2 is 1.75 bits per heavy atom. The largest absolute Gasteiger partial charge is 0.317 e. The molecule has 1 aliphatic heterocycles. The second kappa shape index (κ2) is 9.76. The van der Waals surface area contributed by atoms with Crippen LogP contribution in [0.5, 0.6) is 0 Å². The lowest BCUT2D eigenvalue weighted by atomic mass is 9.98. The fourth-order valence-corrected chi connectivity index (χ4v) is 4.53. The number of sulfonamides is 1. The van der Waals surface area contributed by atoms with Gasteiger partial charge < -0.3 is 5.32 Å². The van der Waals surface area contributed by atoms with Crippen molar-refractivity contribution in [2.24, 2.45) is 5.92 Å². The van der Waals surface area contributed by atoms with Crippen molar-refractivity contribution in [3.8, 4) is 0 Å². The predicted octanol–water partition coefficient (Wildman–Crippen LogP) is 3.63. The van der Waals surface area contributed by atoms with Crippen LogP contribution in [0.4, 0.5) is 0 Å². The lowest BCUT2D eigenvalue weighted by molar-refractivity contribution is 0.268. The molecule has 0 spiro atoms. The third-order valence-electron chi connectivity index (χ3n) is 4.96. The molecule has 6 heteroatoms. The van der Waals surface area contributed by atoms with Gasteiger partial charge in [0.15, 0.2) is 0 Å². The first kappa shape index (κ1) is 21.4. The Morgan fingerprint density at radius 3 is 2.25 bits per heavy atom. The van der Waals surface area contributed by atoms with E-state index < -0.39 is 10.0 Å². The number of rotatable bonds is 7. The smallest absolute Gasteiger partial charge is 0.243 e. The Hall–Kier alpha value is -0.620. The number of piperidine rings is 1. The molecule has 0 amide bonds. The van der Waals surface area contributed by atoms with E-state index in [9.17, 15) is 8.42 Å². The summed E-state index contributed by atoms with van der Waals surface area (Å²) in [6.07, 6.45) is 2.94. The van der Waals surface area contributed by atoms with Crippen LogP contribution in [-0.2, 0) is 10.0 Å². The van der Waals surface area contributed by atoms with Gasteiger partial charge in [0.1, 0.15) is 0 Å². The predicted molar refractivity (Wildman–Crippen MR) is 102 cm³/mol. The third-order valence-corrected chi connectivity index (χ3v) is 6.87. The highest BCUT2D eigenvalue weighted by atomic mass is 35.5. The summed E-state index contributed by atoms with van der Waals surface area (Å²) in [6.45, 7) is 9.64. The summed E-state index contributed by atoms with van der Waals surface area (Å²) in [4.78, 5) is 0.426. The van der Waals surface area contributed by atoms with E-state index in [2.05, 4.69) is 26.1 Å². The first-order valence-electron chi connectivity index (χ1n) is 8.79. The average molecular weight is 375 g/mol. The maximum absolute atomic E-state index is 12.8. The molecular weight excluding hydrogens is 344 g/mol. The van der Waals surface area contributed by atoms with Crippen LogP contribution in [0.2, 0.25) is 0 Å². The van der Waals surface area contributed by atoms with Crippen LogP contribution in [-0.4, -0.2) is 38.9 Å². The van der Waals surface area contributed by atoms with Crippen LogP contribution >= 0.6 is 12.4 Å². The van der Waals surface area contributed by atoms with E-state index in [0.717, 1.165) is 32.4 Å². The van der Waals surface area contributed by atoms with Crippen molar-refractivity contribution in [3.05, 3.63) is 29.8 Å². The van der Waals surface area contributed by atoms with Gasteiger partial charge in [-0.05, 0) is 61.9 Å². The van der Waals surface area contributed by atoms with Gasteiger partial charge in [0.05, 0.1) is 4.90 Å². The number of hydrogen-bond donors (Lipinski definition) is 1. The molecule has 0 aromatic heterocycles. The lowest BCUT2D eigenvalue weighted by Crippen LogP contribution is -2.40. The van der Waals surface area contributed by atoms with E-state index in [1.54, 1.807) is 16.4 Å². The van der Waals surface area contributed by atoms with E-state index in [1.807, 2.05) is 12.1 Å². The van der Waals surface area contributed by atoms with Crippen LogP contribution in [0.25, 0.3) is 0 Å². The normalized spacial score (nSPS) is 18.1. The minimum atomic E-state index is -3.34. The summed E-state index contributed by atoms with van der Waals surface area (Å²) in [6, 6.07) is 7.45. The molecule has 1 N–H and O–H groups in total. The number of halogens is 1. The van der Waals surface area contributed by atoms with E-state index >= 15 is 0 Å². The quantitative estimate of drug-likeness (QED) is 0.792. The molecule has 1 aromatic carbocycles. The second-order valence-electron chi connectivity index (χ2n) is 6.53. The number of nitrogens with zero attached hydrogens (tertiary/aromatic N) is 1. The average Bonchev–Trinajstić information content (AvgIpc) is 2.59. The van der Waals surface area contributed by atoms with Gasteiger partial charge in [-0.1, -0.05) is 32.9 Å². The monoisotopic (exact) mass is 374 g/mol. The van der Waals surface area contributed by atoms with Gasteiger partial charge in [0, 0.05) is 13.1 Å². The summed E-state index contributed by atoms with van der Waals surface area (Å²) < 4.78 is 27.2. The summed E-state index contributed by atoms with van der Waals surface area (Å²) in [5.74, 6) is 1.06. The zero-order chi connectivity index (χ0) is 16.9. The first-order valence-corrected chi connectivity index (χ1v) is 10.2. The summed E-state index contributed by atoms with van der Waals surface area (Å²) in [5, 5.41) is 3.36. The van der Waals surface area contributed by atoms with Crippen LogP contribution < -0.4 is 5.32 Å². The Morgan fingerprint density at radius 1 is 1.17 bits per heavy atom. The van der Waals surface area contributed by atoms with Crippen molar-refractivity contribution in [1.29, 1.82) is 0 Å². The SMILES string of the molecule is CCNCC1CCN(S(=O)(=O)c2ccc(C(C)CC)cc2)CC1.Cl. The molecular formula is C18H31ClN2O2S. The molecule has 0 aliphatic carbocycles.